The van der Waals surface area contributed by atoms with Crippen LogP contribution in [0, 0.1) is 0 Å². The second kappa shape index (κ2) is 10.5. The van der Waals surface area contributed by atoms with Crippen molar-refractivity contribution in [2.45, 2.75) is 57.3 Å². The van der Waals surface area contributed by atoms with Crippen LogP contribution < -0.4 is 0 Å². The number of aromatic nitrogens is 2. The van der Waals surface area contributed by atoms with Crippen molar-refractivity contribution < 1.29 is 18.0 Å². The minimum absolute atomic E-state index is 0.00131. The standard InChI is InChI=1S/C28H30ClF3N4O/c1-2-15-34-16-13-22(14-17-34)35(21-11-12-21)27(37)20-9-7-19(8-10-20)25-18-26(28(30,31)32)33-36(25)24-6-4-3-5-23(24)29/h3-10,18,21-22H,2,11-17H2,1H3. The van der Waals surface area contributed by atoms with Crippen molar-refractivity contribution in [1.29, 1.82) is 0 Å². The lowest BCUT2D eigenvalue weighted by Gasteiger charge is -2.39. The van der Waals surface area contributed by atoms with Crippen LogP contribution >= 0.6 is 11.6 Å². The Labute approximate surface area is 219 Å². The Bertz CT molecular complexity index is 1250. The lowest BCUT2D eigenvalue weighted by molar-refractivity contribution is -0.141. The average molecular weight is 531 g/mol. The summed E-state index contributed by atoms with van der Waals surface area (Å²) in [7, 11) is 0. The first-order valence-corrected chi connectivity index (χ1v) is 13.2. The van der Waals surface area contributed by atoms with Gasteiger partial charge in [-0.05, 0) is 69.0 Å². The van der Waals surface area contributed by atoms with Crippen molar-refractivity contribution in [3.63, 3.8) is 0 Å². The van der Waals surface area contributed by atoms with E-state index in [4.69, 9.17) is 11.6 Å². The number of alkyl halides is 3. The maximum atomic E-state index is 13.6. The van der Waals surface area contributed by atoms with Gasteiger partial charge in [0.15, 0.2) is 5.69 Å². The van der Waals surface area contributed by atoms with E-state index >= 15 is 0 Å². The maximum Gasteiger partial charge on any atom is 0.435 e. The van der Waals surface area contributed by atoms with E-state index < -0.39 is 11.9 Å². The van der Waals surface area contributed by atoms with Gasteiger partial charge < -0.3 is 9.80 Å². The number of piperidine rings is 1. The molecule has 5 rings (SSSR count). The number of amides is 1. The highest BCUT2D eigenvalue weighted by Gasteiger charge is 2.39. The van der Waals surface area contributed by atoms with Gasteiger partial charge in [0.1, 0.15) is 0 Å². The molecule has 5 nitrogen and oxygen atoms in total. The predicted molar refractivity (Wildman–Crippen MR) is 138 cm³/mol. The number of carbonyl (C=O) groups excluding carboxylic acids is 1. The van der Waals surface area contributed by atoms with E-state index in [0.29, 0.717) is 16.8 Å². The monoisotopic (exact) mass is 530 g/mol. The first kappa shape index (κ1) is 25.8. The zero-order valence-electron chi connectivity index (χ0n) is 20.7. The molecule has 2 aliphatic rings. The summed E-state index contributed by atoms with van der Waals surface area (Å²) in [5.41, 5.74) is 0.666. The number of hydrogen-bond acceptors (Lipinski definition) is 3. The Kier molecular flexibility index (Phi) is 7.32. The lowest BCUT2D eigenvalue weighted by atomic mass is 10.0. The van der Waals surface area contributed by atoms with Gasteiger partial charge in [-0.3, -0.25) is 4.79 Å². The summed E-state index contributed by atoms with van der Waals surface area (Å²) in [6.07, 6.45) is 0.512. The zero-order valence-corrected chi connectivity index (χ0v) is 21.5. The molecule has 1 saturated carbocycles. The summed E-state index contributed by atoms with van der Waals surface area (Å²) >= 11 is 6.28. The van der Waals surface area contributed by atoms with Crippen LogP contribution in [0.4, 0.5) is 13.2 Å². The third-order valence-corrected chi connectivity index (χ3v) is 7.49. The third kappa shape index (κ3) is 5.55. The summed E-state index contributed by atoms with van der Waals surface area (Å²) in [6.45, 7) is 5.27. The zero-order chi connectivity index (χ0) is 26.2. The van der Waals surface area contributed by atoms with Crippen molar-refractivity contribution >= 4 is 17.5 Å². The van der Waals surface area contributed by atoms with Crippen LogP contribution in [0.5, 0.6) is 0 Å². The van der Waals surface area contributed by atoms with E-state index in [9.17, 15) is 18.0 Å². The van der Waals surface area contributed by atoms with E-state index in [2.05, 4.69) is 21.8 Å². The van der Waals surface area contributed by atoms with Crippen LogP contribution in [0.3, 0.4) is 0 Å². The maximum absolute atomic E-state index is 13.6. The van der Waals surface area contributed by atoms with Gasteiger partial charge in [-0.15, -0.1) is 0 Å². The van der Waals surface area contributed by atoms with Crippen LogP contribution in [-0.4, -0.2) is 57.2 Å². The average Bonchev–Trinajstić information content (AvgIpc) is 3.61. The Morgan fingerprint density at radius 2 is 1.68 bits per heavy atom. The summed E-state index contributed by atoms with van der Waals surface area (Å²) in [5, 5.41) is 4.10. The van der Waals surface area contributed by atoms with Crippen LogP contribution in [-0.2, 0) is 6.18 Å². The minimum atomic E-state index is -4.60. The van der Waals surface area contributed by atoms with Gasteiger partial charge in [0.2, 0.25) is 0 Å². The van der Waals surface area contributed by atoms with Crippen molar-refractivity contribution in [1.82, 2.24) is 19.6 Å². The van der Waals surface area contributed by atoms with E-state index in [-0.39, 0.29) is 28.7 Å². The van der Waals surface area contributed by atoms with Crippen LogP contribution in [0.15, 0.2) is 54.6 Å². The fraction of sp³-hybridized carbons (Fsp3) is 0.429. The molecule has 37 heavy (non-hydrogen) atoms. The first-order valence-electron chi connectivity index (χ1n) is 12.8. The third-order valence-electron chi connectivity index (χ3n) is 7.17. The fourth-order valence-electron chi connectivity index (χ4n) is 5.18. The van der Waals surface area contributed by atoms with Gasteiger partial charge in [-0.2, -0.15) is 18.3 Å². The molecule has 0 bridgehead atoms. The van der Waals surface area contributed by atoms with Crippen LogP contribution in [0.2, 0.25) is 5.02 Å². The molecule has 3 aromatic rings. The number of nitrogens with zero attached hydrogens (tertiary/aromatic N) is 4. The van der Waals surface area contributed by atoms with Gasteiger partial charge in [-0.25, -0.2) is 4.68 Å². The molecule has 9 heteroatoms. The second-order valence-electron chi connectivity index (χ2n) is 9.87. The molecule has 2 fully saturated rings. The highest BCUT2D eigenvalue weighted by atomic mass is 35.5. The number of rotatable bonds is 7. The number of likely N-dealkylation sites (tertiary alicyclic amines) is 1. The molecule has 0 spiro atoms. The van der Waals surface area contributed by atoms with E-state index in [1.54, 1.807) is 48.5 Å². The molecule has 1 amide bonds. The summed E-state index contributed by atoms with van der Waals surface area (Å²) < 4.78 is 41.8. The fourth-order valence-corrected chi connectivity index (χ4v) is 5.40. The van der Waals surface area contributed by atoms with Crippen LogP contribution in [0.1, 0.15) is 55.1 Å². The molecule has 1 aromatic heterocycles. The Morgan fingerprint density at radius 3 is 2.27 bits per heavy atom. The minimum Gasteiger partial charge on any atom is -0.333 e. The van der Waals surface area contributed by atoms with Crippen LogP contribution in [0.25, 0.3) is 16.9 Å². The normalized spacial score (nSPS) is 17.2. The summed E-state index contributed by atoms with van der Waals surface area (Å²) in [6, 6.07) is 14.9. The topological polar surface area (TPSA) is 41.4 Å². The number of halogens is 4. The SMILES string of the molecule is CCCN1CCC(N(C(=O)c2ccc(-c3cc(C(F)(F)F)nn3-c3ccccc3Cl)cc2)C2CC2)CC1. The predicted octanol–water partition coefficient (Wildman–Crippen LogP) is 6.69. The van der Waals surface area contributed by atoms with E-state index in [1.807, 2.05) is 0 Å². The molecule has 0 radical (unpaired) electrons. The molecule has 1 saturated heterocycles. The van der Waals surface area contributed by atoms with Gasteiger partial charge in [0, 0.05) is 36.3 Å². The van der Waals surface area contributed by atoms with Crippen molar-refractivity contribution in [2.75, 3.05) is 19.6 Å². The number of para-hydroxylation sites is 1. The number of hydrogen-bond donors (Lipinski definition) is 0. The number of benzene rings is 2. The quantitative estimate of drug-likeness (QED) is 0.342. The molecule has 0 unspecified atom stereocenters. The molecule has 2 aromatic carbocycles. The lowest BCUT2D eigenvalue weighted by Crippen LogP contribution is -2.48. The molecule has 196 valence electrons. The highest BCUT2D eigenvalue weighted by Crippen LogP contribution is 2.36. The molecule has 1 aliphatic heterocycles. The highest BCUT2D eigenvalue weighted by molar-refractivity contribution is 6.32. The Balaban J connectivity index is 1.41. The number of carbonyl (C=O) groups is 1. The molecule has 2 heterocycles. The van der Waals surface area contributed by atoms with Gasteiger partial charge in [-0.1, -0.05) is 42.8 Å². The molecule has 0 N–H and O–H groups in total. The molecule has 1 aliphatic carbocycles. The molecular formula is C28H30ClF3N4O. The van der Waals surface area contributed by atoms with Gasteiger partial charge in [0.05, 0.1) is 16.4 Å². The summed E-state index contributed by atoms with van der Waals surface area (Å²) in [4.78, 5) is 18.1. The van der Waals surface area contributed by atoms with Crippen molar-refractivity contribution in [3.05, 3.63) is 70.9 Å². The smallest absolute Gasteiger partial charge is 0.333 e. The molecular weight excluding hydrogens is 501 g/mol. The van der Waals surface area contributed by atoms with Crippen molar-refractivity contribution in [3.8, 4) is 16.9 Å². The second-order valence-corrected chi connectivity index (χ2v) is 10.3. The van der Waals surface area contributed by atoms with Gasteiger partial charge >= 0.3 is 6.18 Å². The first-order chi connectivity index (χ1) is 17.8. The summed E-state index contributed by atoms with van der Waals surface area (Å²) in [5.74, 6) is -0.00131. The molecule has 0 atom stereocenters. The largest absolute Gasteiger partial charge is 0.435 e. The Morgan fingerprint density at radius 1 is 1.03 bits per heavy atom. The van der Waals surface area contributed by atoms with Gasteiger partial charge in [0.25, 0.3) is 5.91 Å². The van der Waals surface area contributed by atoms with Crippen molar-refractivity contribution in [2.24, 2.45) is 0 Å². The Hall–Kier alpha value is -2.84. The van der Waals surface area contributed by atoms with E-state index in [0.717, 1.165) is 57.8 Å². The van der Waals surface area contributed by atoms with E-state index in [1.165, 1.54) is 4.68 Å².